The van der Waals surface area contributed by atoms with E-state index in [1.54, 1.807) is 13.8 Å². The van der Waals surface area contributed by atoms with Crippen molar-refractivity contribution in [2.24, 2.45) is 0 Å². The Labute approximate surface area is 142 Å². The van der Waals surface area contributed by atoms with Crippen molar-refractivity contribution in [1.82, 2.24) is 14.5 Å². The maximum absolute atomic E-state index is 12.8. The zero-order valence-corrected chi connectivity index (χ0v) is 15.1. The summed E-state index contributed by atoms with van der Waals surface area (Å²) in [4.78, 5) is 0.306. The zero-order valence-electron chi connectivity index (χ0n) is 14.2. The van der Waals surface area contributed by atoms with E-state index in [0.29, 0.717) is 42.2 Å². The monoisotopic (exact) mass is 349 g/mol. The molecule has 7 heteroatoms. The molecule has 1 N–H and O–H groups in total. The van der Waals surface area contributed by atoms with E-state index >= 15 is 0 Å². The van der Waals surface area contributed by atoms with E-state index < -0.39 is 10.0 Å². The third kappa shape index (κ3) is 3.32. The summed E-state index contributed by atoms with van der Waals surface area (Å²) in [5, 5.41) is 6.75. The van der Waals surface area contributed by atoms with Gasteiger partial charge in [-0.3, -0.25) is 5.10 Å². The molecule has 0 unspecified atom stereocenters. The maximum Gasteiger partial charge on any atom is 0.246 e. The van der Waals surface area contributed by atoms with E-state index in [-0.39, 0.29) is 6.10 Å². The van der Waals surface area contributed by atoms with Gasteiger partial charge >= 0.3 is 0 Å². The predicted molar refractivity (Wildman–Crippen MR) is 91.6 cm³/mol. The molecule has 1 saturated heterocycles. The highest BCUT2D eigenvalue weighted by atomic mass is 32.2. The molecule has 1 aromatic heterocycles. The highest BCUT2D eigenvalue weighted by molar-refractivity contribution is 7.89. The molecular formula is C17H23N3O3S. The van der Waals surface area contributed by atoms with Crippen LogP contribution in [0.15, 0.2) is 29.2 Å². The topological polar surface area (TPSA) is 75.3 Å². The second-order valence-corrected chi connectivity index (χ2v) is 8.17. The summed E-state index contributed by atoms with van der Waals surface area (Å²) in [6.07, 6.45) is 1.41. The average molecular weight is 349 g/mol. The average Bonchev–Trinajstić information content (AvgIpc) is 2.89. The third-order valence-corrected chi connectivity index (χ3v) is 6.55. The van der Waals surface area contributed by atoms with Crippen LogP contribution in [0.4, 0.5) is 0 Å². The molecule has 0 amide bonds. The number of aryl methyl sites for hydroxylation is 3. The smallest absolute Gasteiger partial charge is 0.246 e. The van der Waals surface area contributed by atoms with Gasteiger partial charge in [-0.1, -0.05) is 17.7 Å². The first-order valence-electron chi connectivity index (χ1n) is 8.13. The normalized spacial score (nSPS) is 17.1. The standard InChI is InChI=1S/C17H23N3O3S/c1-12-4-6-15(7-5-12)23-16-8-10-20(11-9-16)24(21,22)17-13(2)18-19-14(17)3/h4-7,16H,8-11H2,1-3H3,(H,18,19). The molecule has 24 heavy (non-hydrogen) atoms. The first kappa shape index (κ1) is 17.0. The predicted octanol–water partition coefficient (Wildman–Crippen LogP) is 2.57. The van der Waals surface area contributed by atoms with Crippen LogP contribution in [0.3, 0.4) is 0 Å². The molecule has 0 aliphatic carbocycles. The molecule has 2 heterocycles. The number of ether oxygens (including phenoxy) is 1. The van der Waals surface area contributed by atoms with Gasteiger partial charge in [0.15, 0.2) is 0 Å². The highest BCUT2D eigenvalue weighted by Crippen LogP contribution is 2.26. The summed E-state index contributed by atoms with van der Waals surface area (Å²) in [5.74, 6) is 0.837. The van der Waals surface area contributed by atoms with Gasteiger partial charge in [0.25, 0.3) is 0 Å². The van der Waals surface area contributed by atoms with Crippen molar-refractivity contribution in [3.63, 3.8) is 0 Å². The van der Waals surface area contributed by atoms with Crippen molar-refractivity contribution in [1.29, 1.82) is 0 Å². The molecule has 1 fully saturated rings. The summed E-state index contributed by atoms with van der Waals surface area (Å²) >= 11 is 0. The number of aromatic nitrogens is 2. The van der Waals surface area contributed by atoms with Gasteiger partial charge < -0.3 is 4.74 Å². The molecule has 0 radical (unpaired) electrons. The van der Waals surface area contributed by atoms with Crippen molar-refractivity contribution >= 4 is 10.0 Å². The lowest BCUT2D eigenvalue weighted by molar-refractivity contribution is 0.135. The SMILES string of the molecule is Cc1ccc(OC2CCN(S(=O)(=O)c3c(C)n[nH]c3C)CC2)cc1. The van der Waals surface area contributed by atoms with Crippen molar-refractivity contribution in [2.75, 3.05) is 13.1 Å². The van der Waals surface area contributed by atoms with Gasteiger partial charge in [-0.2, -0.15) is 9.40 Å². The molecule has 1 aliphatic rings. The summed E-state index contributed by atoms with van der Waals surface area (Å²) < 4.78 is 33.1. The quantitative estimate of drug-likeness (QED) is 0.920. The van der Waals surface area contributed by atoms with Gasteiger partial charge in [0, 0.05) is 13.1 Å². The van der Waals surface area contributed by atoms with Crippen molar-refractivity contribution in [3.8, 4) is 5.75 Å². The Balaban J connectivity index is 1.65. The van der Waals surface area contributed by atoms with Crippen molar-refractivity contribution in [3.05, 3.63) is 41.2 Å². The van der Waals surface area contributed by atoms with E-state index in [2.05, 4.69) is 10.2 Å². The van der Waals surface area contributed by atoms with Crippen LogP contribution in [0.2, 0.25) is 0 Å². The van der Waals surface area contributed by atoms with Gasteiger partial charge in [0.05, 0.1) is 11.4 Å². The number of nitrogens with zero attached hydrogens (tertiary/aromatic N) is 2. The molecule has 0 bridgehead atoms. The molecular weight excluding hydrogens is 326 g/mol. The van der Waals surface area contributed by atoms with Crippen LogP contribution < -0.4 is 4.74 Å². The number of sulfonamides is 1. The molecule has 1 aromatic carbocycles. The van der Waals surface area contributed by atoms with Crippen LogP contribution in [0.1, 0.15) is 29.8 Å². The van der Waals surface area contributed by atoms with E-state index in [9.17, 15) is 8.42 Å². The minimum absolute atomic E-state index is 0.0469. The number of rotatable bonds is 4. The van der Waals surface area contributed by atoms with Gasteiger partial charge in [-0.15, -0.1) is 0 Å². The molecule has 2 aromatic rings. The van der Waals surface area contributed by atoms with Crippen LogP contribution in [0.25, 0.3) is 0 Å². The van der Waals surface area contributed by atoms with Crippen molar-refractivity contribution in [2.45, 2.75) is 44.6 Å². The first-order chi connectivity index (χ1) is 11.4. The van der Waals surface area contributed by atoms with E-state index in [1.807, 2.05) is 31.2 Å². The van der Waals surface area contributed by atoms with E-state index in [0.717, 1.165) is 5.75 Å². The summed E-state index contributed by atoms with van der Waals surface area (Å²) in [6.45, 7) is 6.41. The first-order valence-corrected chi connectivity index (χ1v) is 9.57. The van der Waals surface area contributed by atoms with Crippen LogP contribution in [0, 0.1) is 20.8 Å². The van der Waals surface area contributed by atoms with Crippen LogP contribution in [-0.4, -0.2) is 42.1 Å². The lowest BCUT2D eigenvalue weighted by Crippen LogP contribution is -2.42. The summed E-state index contributed by atoms with van der Waals surface area (Å²) in [5.41, 5.74) is 2.30. The Bertz CT molecular complexity index is 785. The van der Waals surface area contributed by atoms with Gasteiger partial charge in [-0.05, 0) is 45.7 Å². The summed E-state index contributed by atoms with van der Waals surface area (Å²) in [7, 11) is -3.50. The number of nitrogens with one attached hydrogen (secondary N) is 1. The lowest BCUT2D eigenvalue weighted by atomic mass is 10.1. The Morgan fingerprint density at radius 3 is 2.29 bits per heavy atom. The number of piperidine rings is 1. The number of aromatic amines is 1. The van der Waals surface area contributed by atoms with Crippen LogP contribution >= 0.6 is 0 Å². The minimum atomic E-state index is -3.50. The molecule has 130 valence electrons. The molecule has 1 aliphatic heterocycles. The Morgan fingerprint density at radius 1 is 1.12 bits per heavy atom. The van der Waals surface area contributed by atoms with Gasteiger partial charge in [-0.25, -0.2) is 8.42 Å². The molecule has 6 nitrogen and oxygen atoms in total. The molecule has 0 saturated carbocycles. The molecule has 0 spiro atoms. The molecule has 3 rings (SSSR count). The van der Waals surface area contributed by atoms with E-state index in [1.165, 1.54) is 9.87 Å². The second-order valence-electron chi connectivity index (χ2n) is 6.30. The largest absolute Gasteiger partial charge is 0.490 e. The Kier molecular flexibility index (Phi) is 4.64. The fraction of sp³-hybridized carbons (Fsp3) is 0.471. The van der Waals surface area contributed by atoms with Crippen LogP contribution in [0.5, 0.6) is 5.75 Å². The fourth-order valence-electron chi connectivity index (χ4n) is 3.05. The second kappa shape index (κ2) is 6.57. The third-order valence-electron chi connectivity index (χ3n) is 4.38. The Hall–Kier alpha value is -1.86. The maximum atomic E-state index is 12.8. The van der Waals surface area contributed by atoms with Crippen molar-refractivity contribution < 1.29 is 13.2 Å². The van der Waals surface area contributed by atoms with Gasteiger partial charge in [0.1, 0.15) is 16.7 Å². The lowest BCUT2D eigenvalue weighted by Gasteiger charge is -2.31. The number of H-pyrrole nitrogens is 1. The summed E-state index contributed by atoms with van der Waals surface area (Å²) in [6, 6.07) is 7.94. The zero-order chi connectivity index (χ0) is 17.3. The number of hydrogen-bond donors (Lipinski definition) is 1. The Morgan fingerprint density at radius 2 is 1.75 bits per heavy atom. The highest BCUT2D eigenvalue weighted by Gasteiger charge is 2.33. The number of benzene rings is 1. The van der Waals surface area contributed by atoms with E-state index in [4.69, 9.17) is 4.74 Å². The van der Waals surface area contributed by atoms with Gasteiger partial charge in [0.2, 0.25) is 10.0 Å². The van der Waals surface area contributed by atoms with Crippen LogP contribution in [-0.2, 0) is 10.0 Å². The molecule has 0 atom stereocenters. The number of hydrogen-bond acceptors (Lipinski definition) is 4. The minimum Gasteiger partial charge on any atom is -0.490 e. The fourth-order valence-corrected chi connectivity index (χ4v) is 4.85.